The largest absolute Gasteiger partial charge is 0.502 e. The Morgan fingerprint density at radius 3 is 2.08 bits per heavy atom. The highest BCUT2D eigenvalue weighted by Crippen LogP contribution is 2.11. The van der Waals surface area contributed by atoms with E-state index in [9.17, 15) is 0 Å². The zero-order chi connectivity index (χ0) is 9.94. The van der Waals surface area contributed by atoms with Crippen LogP contribution in [0.3, 0.4) is 0 Å². The maximum atomic E-state index is 5.00. The van der Waals surface area contributed by atoms with Crippen molar-refractivity contribution < 1.29 is 4.74 Å². The summed E-state index contributed by atoms with van der Waals surface area (Å²) in [6.07, 6.45) is 10.5. The molecular formula is C12H24O. The van der Waals surface area contributed by atoms with Crippen molar-refractivity contribution in [3.8, 4) is 0 Å². The molecule has 78 valence electrons. The Labute approximate surface area is 83.2 Å². The van der Waals surface area contributed by atoms with Crippen LogP contribution in [0.15, 0.2) is 12.3 Å². The molecule has 0 spiro atoms. The summed E-state index contributed by atoms with van der Waals surface area (Å²) in [5, 5.41) is 0. The highest BCUT2D eigenvalue weighted by molar-refractivity contribution is 4.80. The monoisotopic (exact) mass is 184 g/mol. The lowest BCUT2D eigenvalue weighted by molar-refractivity contribution is 0.276. The molecule has 0 aromatic heterocycles. The fourth-order valence-electron chi connectivity index (χ4n) is 1.38. The van der Waals surface area contributed by atoms with Gasteiger partial charge in [-0.25, -0.2) is 0 Å². The minimum absolute atomic E-state index is 0.925. The highest BCUT2D eigenvalue weighted by Gasteiger charge is 1.93. The molecule has 0 radical (unpaired) electrons. The van der Waals surface area contributed by atoms with Crippen molar-refractivity contribution in [2.24, 2.45) is 0 Å². The molecule has 0 bridgehead atoms. The molecule has 0 rings (SSSR count). The van der Waals surface area contributed by atoms with E-state index in [0.717, 1.165) is 12.2 Å². The van der Waals surface area contributed by atoms with Gasteiger partial charge < -0.3 is 4.74 Å². The molecule has 0 amide bonds. The summed E-state index contributed by atoms with van der Waals surface area (Å²) in [6, 6.07) is 0. The van der Waals surface area contributed by atoms with Crippen molar-refractivity contribution in [3.63, 3.8) is 0 Å². The SMILES string of the molecule is C=C(CCCCCCCCC)OC. The Kier molecular flexibility index (Phi) is 9.29. The standard InChI is InChI=1S/C12H24O/c1-4-5-6-7-8-9-10-11-12(2)13-3/h2,4-11H2,1,3H3. The number of hydrogen-bond donors (Lipinski definition) is 0. The van der Waals surface area contributed by atoms with Gasteiger partial charge in [-0.3, -0.25) is 0 Å². The molecule has 0 aliphatic carbocycles. The van der Waals surface area contributed by atoms with Crippen molar-refractivity contribution in [1.82, 2.24) is 0 Å². The maximum Gasteiger partial charge on any atom is 0.0883 e. The number of allylic oxidation sites excluding steroid dienone is 1. The third-order valence-electron chi connectivity index (χ3n) is 2.35. The van der Waals surface area contributed by atoms with Gasteiger partial charge in [-0.15, -0.1) is 0 Å². The molecule has 0 fully saturated rings. The Balaban J connectivity index is 2.95. The van der Waals surface area contributed by atoms with E-state index >= 15 is 0 Å². The molecule has 0 unspecified atom stereocenters. The Hall–Kier alpha value is -0.460. The van der Waals surface area contributed by atoms with Crippen LogP contribution in [0, 0.1) is 0 Å². The summed E-state index contributed by atoms with van der Waals surface area (Å²) >= 11 is 0. The lowest BCUT2D eigenvalue weighted by atomic mass is 10.1. The van der Waals surface area contributed by atoms with Gasteiger partial charge in [0.2, 0.25) is 0 Å². The van der Waals surface area contributed by atoms with E-state index in [0.29, 0.717) is 0 Å². The van der Waals surface area contributed by atoms with E-state index in [4.69, 9.17) is 4.74 Å². The topological polar surface area (TPSA) is 9.23 Å². The van der Waals surface area contributed by atoms with Crippen LogP contribution in [-0.2, 0) is 4.74 Å². The van der Waals surface area contributed by atoms with Crippen LogP contribution in [0.5, 0.6) is 0 Å². The third kappa shape index (κ3) is 9.45. The first-order valence-electron chi connectivity index (χ1n) is 5.53. The number of hydrogen-bond acceptors (Lipinski definition) is 1. The summed E-state index contributed by atoms with van der Waals surface area (Å²) in [7, 11) is 1.70. The molecule has 1 heteroatoms. The quantitative estimate of drug-likeness (QED) is 0.384. The zero-order valence-corrected chi connectivity index (χ0v) is 9.27. The van der Waals surface area contributed by atoms with Gasteiger partial charge in [-0.05, 0) is 6.42 Å². The smallest absolute Gasteiger partial charge is 0.0883 e. The van der Waals surface area contributed by atoms with Crippen LogP contribution in [-0.4, -0.2) is 7.11 Å². The van der Waals surface area contributed by atoms with Gasteiger partial charge in [-0.1, -0.05) is 52.0 Å². The molecule has 13 heavy (non-hydrogen) atoms. The maximum absolute atomic E-state index is 5.00. The summed E-state index contributed by atoms with van der Waals surface area (Å²) in [5.74, 6) is 0.925. The van der Waals surface area contributed by atoms with Crippen LogP contribution in [0.2, 0.25) is 0 Å². The second-order valence-corrected chi connectivity index (χ2v) is 3.61. The lowest BCUT2D eigenvalue weighted by Gasteiger charge is -2.03. The lowest BCUT2D eigenvalue weighted by Crippen LogP contribution is -1.85. The van der Waals surface area contributed by atoms with Gasteiger partial charge >= 0.3 is 0 Å². The van der Waals surface area contributed by atoms with E-state index < -0.39 is 0 Å². The van der Waals surface area contributed by atoms with E-state index in [1.165, 1.54) is 44.9 Å². The third-order valence-corrected chi connectivity index (χ3v) is 2.35. The highest BCUT2D eigenvalue weighted by atomic mass is 16.5. The molecule has 0 aliphatic rings. The Morgan fingerprint density at radius 2 is 1.54 bits per heavy atom. The van der Waals surface area contributed by atoms with E-state index in [-0.39, 0.29) is 0 Å². The minimum Gasteiger partial charge on any atom is -0.502 e. The first-order valence-corrected chi connectivity index (χ1v) is 5.53. The predicted octanol–water partition coefficient (Wildman–Crippen LogP) is 4.29. The summed E-state index contributed by atoms with van der Waals surface area (Å²) in [5.41, 5.74) is 0. The van der Waals surface area contributed by atoms with E-state index in [1.807, 2.05) is 0 Å². The van der Waals surface area contributed by atoms with Crippen LogP contribution in [0.1, 0.15) is 58.3 Å². The first-order chi connectivity index (χ1) is 6.31. The van der Waals surface area contributed by atoms with Gasteiger partial charge in [-0.2, -0.15) is 0 Å². The molecule has 0 saturated heterocycles. The van der Waals surface area contributed by atoms with Gasteiger partial charge in [0.25, 0.3) is 0 Å². The van der Waals surface area contributed by atoms with Crippen molar-refractivity contribution >= 4 is 0 Å². The van der Waals surface area contributed by atoms with Crippen molar-refractivity contribution in [1.29, 1.82) is 0 Å². The number of rotatable bonds is 9. The summed E-state index contributed by atoms with van der Waals surface area (Å²) in [6.45, 7) is 6.05. The summed E-state index contributed by atoms with van der Waals surface area (Å²) in [4.78, 5) is 0. The normalized spacial score (nSPS) is 10.0. The molecule has 1 nitrogen and oxygen atoms in total. The van der Waals surface area contributed by atoms with Crippen molar-refractivity contribution in [2.45, 2.75) is 58.3 Å². The molecular weight excluding hydrogens is 160 g/mol. The fourth-order valence-corrected chi connectivity index (χ4v) is 1.38. The average molecular weight is 184 g/mol. The molecule has 0 aliphatic heterocycles. The van der Waals surface area contributed by atoms with Crippen molar-refractivity contribution in [3.05, 3.63) is 12.3 Å². The number of unbranched alkanes of at least 4 members (excludes halogenated alkanes) is 6. The Morgan fingerprint density at radius 1 is 1.00 bits per heavy atom. The minimum atomic E-state index is 0.925. The zero-order valence-electron chi connectivity index (χ0n) is 9.27. The van der Waals surface area contributed by atoms with E-state index in [2.05, 4.69) is 13.5 Å². The first kappa shape index (κ1) is 12.5. The van der Waals surface area contributed by atoms with Gasteiger partial charge in [0.1, 0.15) is 0 Å². The average Bonchev–Trinajstić information content (AvgIpc) is 2.16. The predicted molar refractivity (Wildman–Crippen MR) is 58.8 cm³/mol. The van der Waals surface area contributed by atoms with Crippen LogP contribution < -0.4 is 0 Å². The molecule has 0 atom stereocenters. The number of methoxy groups -OCH3 is 1. The Bertz CT molecular complexity index is 118. The van der Waals surface area contributed by atoms with Gasteiger partial charge in [0.15, 0.2) is 0 Å². The van der Waals surface area contributed by atoms with Crippen LogP contribution >= 0.6 is 0 Å². The second-order valence-electron chi connectivity index (χ2n) is 3.61. The summed E-state index contributed by atoms with van der Waals surface area (Å²) < 4.78 is 5.00. The molecule has 0 N–H and O–H groups in total. The van der Waals surface area contributed by atoms with Crippen molar-refractivity contribution in [2.75, 3.05) is 7.11 Å². The van der Waals surface area contributed by atoms with Gasteiger partial charge in [0, 0.05) is 6.42 Å². The molecule has 0 aromatic rings. The molecule has 0 saturated carbocycles. The molecule has 0 heterocycles. The van der Waals surface area contributed by atoms with Crippen LogP contribution in [0.4, 0.5) is 0 Å². The molecule has 0 aromatic carbocycles. The van der Waals surface area contributed by atoms with Crippen LogP contribution in [0.25, 0.3) is 0 Å². The van der Waals surface area contributed by atoms with E-state index in [1.54, 1.807) is 7.11 Å². The van der Waals surface area contributed by atoms with Gasteiger partial charge in [0.05, 0.1) is 12.9 Å². The number of ether oxygens (including phenoxy) is 1. The fraction of sp³-hybridized carbons (Fsp3) is 0.833. The second kappa shape index (κ2) is 9.63.